The molecule has 0 amide bonds. The van der Waals surface area contributed by atoms with Gasteiger partial charge in [-0.05, 0) is 50.9 Å². The third kappa shape index (κ3) is 6.43. The van der Waals surface area contributed by atoms with Crippen LogP contribution in [0.1, 0.15) is 79.1 Å². The van der Waals surface area contributed by atoms with E-state index in [1.165, 1.54) is 83.2 Å². The van der Waals surface area contributed by atoms with Crippen LogP contribution in [0.5, 0.6) is 0 Å². The van der Waals surface area contributed by atoms with E-state index in [-0.39, 0.29) is 0 Å². The minimum atomic E-state index is 0.686. The van der Waals surface area contributed by atoms with Crippen molar-refractivity contribution in [1.82, 2.24) is 9.80 Å². The monoisotopic (exact) mass is 334 g/mol. The van der Waals surface area contributed by atoms with Gasteiger partial charge in [0.2, 0.25) is 0 Å². The third-order valence-electron chi connectivity index (χ3n) is 6.34. The van der Waals surface area contributed by atoms with Gasteiger partial charge in [0.25, 0.3) is 0 Å². The summed E-state index contributed by atoms with van der Waals surface area (Å²) in [5.41, 5.74) is 1.40. The molecule has 0 spiro atoms. The molecule has 0 bridgehead atoms. The second-order valence-electron chi connectivity index (χ2n) is 9.09. The van der Waals surface area contributed by atoms with E-state index in [1.54, 1.807) is 0 Å². The lowest BCUT2D eigenvalue weighted by Gasteiger charge is -2.39. The maximum Gasteiger partial charge on any atom is 0.0303 e. The first-order valence-electron chi connectivity index (χ1n) is 10.6. The molecule has 0 unspecified atom stereocenters. The Bertz CT molecular complexity index is 358. The van der Waals surface area contributed by atoms with Crippen molar-refractivity contribution in [3.63, 3.8) is 0 Å². The van der Waals surface area contributed by atoms with Gasteiger partial charge in [0, 0.05) is 37.9 Å². The zero-order valence-corrected chi connectivity index (χ0v) is 16.9. The van der Waals surface area contributed by atoms with Crippen LogP contribution in [-0.4, -0.2) is 42.0 Å². The summed E-state index contributed by atoms with van der Waals surface area (Å²) in [5, 5.41) is 0. The van der Waals surface area contributed by atoms with Crippen molar-refractivity contribution < 1.29 is 0 Å². The van der Waals surface area contributed by atoms with Crippen molar-refractivity contribution in [2.45, 2.75) is 85.1 Å². The highest BCUT2D eigenvalue weighted by molar-refractivity contribution is 4.96. The smallest absolute Gasteiger partial charge is 0.0303 e. The molecule has 2 fully saturated rings. The number of hydrogen-bond acceptors (Lipinski definition) is 2. The molecule has 2 nitrogen and oxygen atoms in total. The first-order valence-corrected chi connectivity index (χ1v) is 10.6. The van der Waals surface area contributed by atoms with Gasteiger partial charge in [-0.25, -0.2) is 0 Å². The lowest BCUT2D eigenvalue weighted by Crippen LogP contribution is -2.48. The predicted octanol–water partition coefficient (Wildman–Crippen LogP) is 5.55. The fourth-order valence-corrected chi connectivity index (χ4v) is 4.73. The van der Waals surface area contributed by atoms with Gasteiger partial charge < -0.3 is 4.90 Å². The summed E-state index contributed by atoms with van der Waals surface area (Å²) in [5.74, 6) is 2.90. The van der Waals surface area contributed by atoms with E-state index >= 15 is 0 Å². The van der Waals surface area contributed by atoms with Gasteiger partial charge in [-0.3, -0.25) is 4.90 Å². The van der Waals surface area contributed by atoms with E-state index in [2.05, 4.69) is 44.1 Å². The number of rotatable bonds is 8. The molecule has 24 heavy (non-hydrogen) atoms. The molecule has 0 aromatic carbocycles. The van der Waals surface area contributed by atoms with E-state index < -0.39 is 0 Å². The molecule has 2 aliphatic rings. The Morgan fingerprint density at radius 3 is 2.04 bits per heavy atom. The van der Waals surface area contributed by atoms with Crippen molar-refractivity contribution in [3.05, 3.63) is 12.3 Å². The quantitative estimate of drug-likeness (QED) is 0.574. The SMILES string of the molecule is C=C(CCCC1CCC(CC(C)C)CC1)N1CCN(C(C)C)CC1. The van der Waals surface area contributed by atoms with Crippen LogP contribution in [0.25, 0.3) is 0 Å². The fraction of sp³-hybridized carbons (Fsp3) is 0.909. The first-order chi connectivity index (χ1) is 11.5. The zero-order valence-electron chi connectivity index (χ0n) is 16.9. The van der Waals surface area contributed by atoms with Crippen LogP contribution in [0.2, 0.25) is 0 Å². The normalized spacial score (nSPS) is 26.3. The Balaban J connectivity index is 1.57. The maximum absolute atomic E-state index is 4.38. The number of nitrogens with zero attached hydrogens (tertiary/aromatic N) is 2. The summed E-state index contributed by atoms with van der Waals surface area (Å²) in [7, 11) is 0. The van der Waals surface area contributed by atoms with Crippen molar-refractivity contribution in [1.29, 1.82) is 0 Å². The summed E-state index contributed by atoms with van der Waals surface area (Å²) in [6.07, 6.45) is 11.4. The lowest BCUT2D eigenvalue weighted by molar-refractivity contribution is 0.127. The molecule has 2 heteroatoms. The molecule has 1 saturated heterocycles. The number of hydrogen-bond donors (Lipinski definition) is 0. The topological polar surface area (TPSA) is 6.48 Å². The standard InChI is InChI=1S/C22H42N2/c1-18(2)17-22-11-9-21(10-12-22)8-6-7-20(5)24-15-13-23(14-16-24)19(3)4/h18-19,21-22H,5-17H2,1-4H3. The minimum absolute atomic E-state index is 0.686. The van der Waals surface area contributed by atoms with Crippen LogP contribution >= 0.6 is 0 Å². The Labute approximate surface area is 151 Å². The molecular weight excluding hydrogens is 292 g/mol. The molecule has 0 aromatic rings. The Morgan fingerprint density at radius 2 is 1.50 bits per heavy atom. The van der Waals surface area contributed by atoms with E-state index in [0.29, 0.717) is 6.04 Å². The van der Waals surface area contributed by atoms with Crippen molar-refractivity contribution in [2.24, 2.45) is 17.8 Å². The average molecular weight is 335 g/mol. The van der Waals surface area contributed by atoms with Gasteiger partial charge in [-0.1, -0.05) is 52.5 Å². The average Bonchev–Trinajstić information content (AvgIpc) is 2.56. The predicted molar refractivity (Wildman–Crippen MR) is 106 cm³/mol. The highest BCUT2D eigenvalue weighted by Gasteiger charge is 2.22. The van der Waals surface area contributed by atoms with E-state index in [1.807, 2.05) is 0 Å². The summed E-state index contributed by atoms with van der Waals surface area (Å²) >= 11 is 0. The summed E-state index contributed by atoms with van der Waals surface area (Å²) in [6, 6.07) is 0.686. The van der Waals surface area contributed by atoms with Crippen molar-refractivity contribution in [3.8, 4) is 0 Å². The summed E-state index contributed by atoms with van der Waals surface area (Å²) < 4.78 is 0. The van der Waals surface area contributed by atoms with E-state index in [0.717, 1.165) is 17.8 Å². The summed E-state index contributed by atoms with van der Waals surface area (Å²) in [6.45, 7) is 18.5. The van der Waals surface area contributed by atoms with Crippen LogP contribution in [0.15, 0.2) is 12.3 Å². The van der Waals surface area contributed by atoms with Gasteiger partial charge in [0.1, 0.15) is 0 Å². The van der Waals surface area contributed by atoms with Gasteiger partial charge in [0.15, 0.2) is 0 Å². The number of piperazine rings is 1. The third-order valence-corrected chi connectivity index (χ3v) is 6.34. The van der Waals surface area contributed by atoms with E-state index in [9.17, 15) is 0 Å². The van der Waals surface area contributed by atoms with Crippen molar-refractivity contribution in [2.75, 3.05) is 26.2 Å². The van der Waals surface area contributed by atoms with Gasteiger partial charge in [0.05, 0.1) is 0 Å². The molecule has 0 N–H and O–H groups in total. The molecule has 2 rings (SSSR count). The van der Waals surface area contributed by atoms with Crippen LogP contribution in [0.3, 0.4) is 0 Å². The highest BCUT2D eigenvalue weighted by Crippen LogP contribution is 2.35. The molecule has 0 aromatic heterocycles. The largest absolute Gasteiger partial charge is 0.373 e. The molecule has 1 aliphatic heterocycles. The summed E-state index contributed by atoms with van der Waals surface area (Å²) in [4.78, 5) is 5.12. The minimum Gasteiger partial charge on any atom is -0.373 e. The molecule has 1 heterocycles. The number of allylic oxidation sites excluding steroid dienone is 1. The van der Waals surface area contributed by atoms with Gasteiger partial charge in [-0.15, -0.1) is 0 Å². The molecule has 1 saturated carbocycles. The Kier molecular flexibility index (Phi) is 8.13. The molecule has 0 radical (unpaired) electrons. The molecule has 140 valence electrons. The Hall–Kier alpha value is -0.500. The zero-order chi connectivity index (χ0) is 17.5. The Morgan fingerprint density at radius 1 is 0.917 bits per heavy atom. The maximum atomic E-state index is 4.38. The molecular formula is C22H42N2. The van der Waals surface area contributed by atoms with Gasteiger partial charge in [-0.2, -0.15) is 0 Å². The first kappa shape index (κ1) is 19.8. The second kappa shape index (κ2) is 9.85. The fourth-order valence-electron chi connectivity index (χ4n) is 4.73. The van der Waals surface area contributed by atoms with Crippen LogP contribution < -0.4 is 0 Å². The van der Waals surface area contributed by atoms with Gasteiger partial charge >= 0.3 is 0 Å². The van der Waals surface area contributed by atoms with Crippen LogP contribution in [0.4, 0.5) is 0 Å². The second-order valence-corrected chi connectivity index (χ2v) is 9.09. The highest BCUT2D eigenvalue weighted by atomic mass is 15.3. The lowest BCUT2D eigenvalue weighted by atomic mass is 9.77. The molecule has 0 atom stereocenters. The van der Waals surface area contributed by atoms with E-state index in [4.69, 9.17) is 0 Å². The van der Waals surface area contributed by atoms with Crippen molar-refractivity contribution >= 4 is 0 Å². The molecule has 1 aliphatic carbocycles. The van der Waals surface area contributed by atoms with Crippen LogP contribution in [-0.2, 0) is 0 Å². The van der Waals surface area contributed by atoms with Crippen LogP contribution in [0, 0.1) is 17.8 Å².